The first-order valence-corrected chi connectivity index (χ1v) is 12.5. The van der Waals surface area contributed by atoms with Gasteiger partial charge in [-0.3, -0.25) is 19.5 Å². The smallest absolute Gasteiger partial charge is 0.273 e. The predicted octanol–water partition coefficient (Wildman–Crippen LogP) is 5.98. The number of nitro groups is 1. The summed E-state index contributed by atoms with van der Waals surface area (Å²) < 4.78 is 1.89. The van der Waals surface area contributed by atoms with Crippen LogP contribution in [0, 0.1) is 30.9 Å². The Kier molecular flexibility index (Phi) is 7.71. The van der Waals surface area contributed by atoms with Gasteiger partial charge in [-0.05, 0) is 55.7 Å². The van der Waals surface area contributed by atoms with Crippen LogP contribution in [-0.2, 0) is 12.3 Å². The van der Waals surface area contributed by atoms with Crippen LogP contribution >= 0.6 is 23.4 Å². The Bertz CT molecular complexity index is 1450. The number of nitrogens with one attached hydrogen (secondary N) is 1. The minimum absolute atomic E-state index is 0.0738. The van der Waals surface area contributed by atoms with Gasteiger partial charge in [0.25, 0.3) is 11.6 Å². The highest BCUT2D eigenvalue weighted by Crippen LogP contribution is 2.29. The molecule has 1 heterocycles. The van der Waals surface area contributed by atoms with Crippen LogP contribution in [0.2, 0.25) is 5.02 Å². The van der Waals surface area contributed by atoms with Crippen LogP contribution in [0.15, 0.2) is 65.8 Å². The lowest BCUT2D eigenvalue weighted by atomic mass is 10.1. The van der Waals surface area contributed by atoms with Gasteiger partial charge in [-0.15, -0.1) is 10.2 Å². The molecule has 0 bridgehead atoms. The van der Waals surface area contributed by atoms with E-state index in [1.54, 1.807) is 30.8 Å². The predicted molar refractivity (Wildman–Crippen MR) is 141 cm³/mol. The summed E-state index contributed by atoms with van der Waals surface area (Å²) in [6.45, 7) is 5.74. The van der Waals surface area contributed by atoms with Gasteiger partial charge in [-0.1, -0.05) is 59.8 Å². The van der Waals surface area contributed by atoms with Crippen LogP contribution < -0.4 is 5.32 Å². The third-order valence-corrected chi connectivity index (χ3v) is 7.02. The van der Waals surface area contributed by atoms with Crippen molar-refractivity contribution in [2.24, 2.45) is 0 Å². The van der Waals surface area contributed by atoms with Gasteiger partial charge in [0.2, 0.25) is 0 Å². The Hall–Kier alpha value is -3.69. The second kappa shape index (κ2) is 10.9. The van der Waals surface area contributed by atoms with Crippen LogP contribution in [0.25, 0.3) is 5.69 Å². The SMILES string of the molecule is Cc1ccccc1CSc1nnc(CNC(=O)c2ccc(C)c([N+](=O)[O-])c2)n1-c1cc(Cl)ccc1C. The number of aryl methyl sites for hydroxylation is 3. The van der Waals surface area contributed by atoms with Crippen molar-refractivity contribution in [2.75, 3.05) is 0 Å². The largest absolute Gasteiger partial charge is 0.345 e. The second-order valence-electron chi connectivity index (χ2n) is 8.32. The topological polar surface area (TPSA) is 103 Å². The molecule has 0 fully saturated rings. The maximum atomic E-state index is 12.8. The van der Waals surface area contributed by atoms with Crippen molar-refractivity contribution in [1.29, 1.82) is 0 Å². The van der Waals surface area contributed by atoms with Crippen LogP contribution in [0.3, 0.4) is 0 Å². The average Bonchev–Trinajstić information content (AvgIpc) is 3.26. The number of aromatic nitrogens is 3. The van der Waals surface area contributed by atoms with Crippen molar-refractivity contribution in [3.63, 3.8) is 0 Å². The number of nitro benzene ring substituents is 1. The summed E-state index contributed by atoms with van der Waals surface area (Å²) >= 11 is 7.85. The number of hydrogen-bond acceptors (Lipinski definition) is 6. The van der Waals surface area contributed by atoms with Crippen molar-refractivity contribution >= 4 is 35.0 Å². The standard InChI is InChI=1S/C26H24ClN5O3S/c1-16-6-4-5-7-20(16)15-36-26-30-29-24(31(26)22-13-21(27)11-9-17(22)2)14-28-25(33)19-10-8-18(3)23(12-19)32(34)35/h4-13H,14-15H2,1-3H3,(H,28,33). The molecule has 0 atom stereocenters. The molecule has 1 N–H and O–H groups in total. The molecule has 4 rings (SSSR count). The highest BCUT2D eigenvalue weighted by atomic mass is 35.5. The summed E-state index contributed by atoms with van der Waals surface area (Å²) in [4.78, 5) is 23.6. The first kappa shape index (κ1) is 25.4. The van der Waals surface area contributed by atoms with Crippen LogP contribution in [-0.4, -0.2) is 25.6 Å². The molecule has 4 aromatic rings. The number of rotatable bonds is 8. The number of nitrogens with zero attached hydrogens (tertiary/aromatic N) is 4. The molecule has 1 amide bonds. The highest BCUT2D eigenvalue weighted by Gasteiger charge is 2.19. The number of thioether (sulfide) groups is 1. The molecule has 0 saturated carbocycles. The van der Waals surface area contributed by atoms with Crippen molar-refractivity contribution < 1.29 is 9.72 Å². The van der Waals surface area contributed by atoms with E-state index in [-0.39, 0.29) is 17.8 Å². The minimum atomic E-state index is -0.497. The quantitative estimate of drug-likeness (QED) is 0.174. The van der Waals surface area contributed by atoms with Crippen molar-refractivity contribution in [2.45, 2.75) is 38.2 Å². The summed E-state index contributed by atoms with van der Waals surface area (Å²) in [7, 11) is 0. The zero-order valence-corrected chi connectivity index (χ0v) is 21.6. The van der Waals surface area contributed by atoms with E-state index in [2.05, 4.69) is 34.6 Å². The molecule has 0 aliphatic rings. The Morgan fingerprint density at radius 3 is 2.53 bits per heavy atom. The molecule has 0 spiro atoms. The van der Waals surface area contributed by atoms with E-state index in [4.69, 9.17) is 11.6 Å². The molecule has 36 heavy (non-hydrogen) atoms. The molecule has 3 aromatic carbocycles. The molecule has 0 aliphatic carbocycles. The number of carbonyl (C=O) groups is 1. The molecule has 184 valence electrons. The summed E-state index contributed by atoms with van der Waals surface area (Å²) in [6.07, 6.45) is 0. The monoisotopic (exact) mass is 521 g/mol. The molecule has 8 nitrogen and oxygen atoms in total. The molecular formula is C26H24ClN5O3S. The van der Waals surface area contributed by atoms with Gasteiger partial charge in [0.05, 0.1) is 17.2 Å². The summed E-state index contributed by atoms with van der Waals surface area (Å²) in [5, 5.41) is 24.1. The Morgan fingerprint density at radius 1 is 1.03 bits per heavy atom. The normalized spacial score (nSPS) is 10.9. The molecular weight excluding hydrogens is 498 g/mol. The van der Waals surface area contributed by atoms with Gasteiger partial charge < -0.3 is 5.32 Å². The van der Waals surface area contributed by atoms with Gasteiger partial charge in [0.15, 0.2) is 11.0 Å². The van der Waals surface area contributed by atoms with Gasteiger partial charge in [-0.2, -0.15) is 0 Å². The first-order chi connectivity index (χ1) is 17.2. The fourth-order valence-corrected chi connectivity index (χ4v) is 4.90. The van der Waals surface area contributed by atoms with E-state index in [1.165, 1.54) is 17.2 Å². The van der Waals surface area contributed by atoms with Crippen molar-refractivity contribution in [3.05, 3.63) is 109 Å². The van der Waals surface area contributed by atoms with Gasteiger partial charge in [-0.25, -0.2) is 0 Å². The summed E-state index contributed by atoms with van der Waals surface area (Å²) in [5.41, 5.74) is 4.75. The Morgan fingerprint density at radius 2 is 1.78 bits per heavy atom. The number of hydrogen-bond donors (Lipinski definition) is 1. The lowest BCUT2D eigenvalue weighted by Gasteiger charge is -2.14. The molecule has 1 aromatic heterocycles. The van der Waals surface area contributed by atoms with E-state index in [9.17, 15) is 14.9 Å². The highest BCUT2D eigenvalue weighted by molar-refractivity contribution is 7.98. The minimum Gasteiger partial charge on any atom is -0.345 e. The third-order valence-electron chi connectivity index (χ3n) is 5.81. The number of benzene rings is 3. The number of carbonyl (C=O) groups excluding carboxylic acids is 1. The lowest BCUT2D eigenvalue weighted by molar-refractivity contribution is -0.385. The van der Waals surface area contributed by atoms with E-state index in [1.807, 2.05) is 41.8 Å². The lowest BCUT2D eigenvalue weighted by Crippen LogP contribution is -2.25. The molecule has 10 heteroatoms. The molecule has 0 radical (unpaired) electrons. The molecule has 0 saturated heterocycles. The van der Waals surface area contributed by atoms with Gasteiger partial charge >= 0.3 is 0 Å². The molecule has 0 unspecified atom stereocenters. The van der Waals surface area contributed by atoms with Crippen molar-refractivity contribution in [3.8, 4) is 5.69 Å². The van der Waals surface area contributed by atoms with Crippen LogP contribution in [0.1, 0.15) is 38.4 Å². The number of halogens is 1. The zero-order valence-electron chi connectivity index (χ0n) is 20.0. The van der Waals surface area contributed by atoms with Gasteiger partial charge in [0.1, 0.15) is 0 Å². The zero-order chi connectivity index (χ0) is 25.8. The van der Waals surface area contributed by atoms with Gasteiger partial charge in [0, 0.05) is 28.0 Å². The van der Waals surface area contributed by atoms with E-state index < -0.39 is 10.8 Å². The van der Waals surface area contributed by atoms with Crippen LogP contribution in [0.5, 0.6) is 0 Å². The average molecular weight is 522 g/mol. The fourth-order valence-electron chi connectivity index (χ4n) is 3.70. The Labute approximate surface area is 217 Å². The van der Waals surface area contributed by atoms with E-state index in [0.717, 1.165) is 11.3 Å². The third kappa shape index (κ3) is 5.58. The van der Waals surface area contributed by atoms with Crippen LogP contribution in [0.4, 0.5) is 5.69 Å². The second-order valence-corrected chi connectivity index (χ2v) is 9.70. The maximum absolute atomic E-state index is 12.8. The molecule has 0 aliphatic heterocycles. The maximum Gasteiger partial charge on any atom is 0.273 e. The van der Waals surface area contributed by atoms with E-state index in [0.29, 0.717) is 27.3 Å². The first-order valence-electron chi connectivity index (χ1n) is 11.2. The summed E-state index contributed by atoms with van der Waals surface area (Å²) in [5.74, 6) is 0.774. The summed E-state index contributed by atoms with van der Waals surface area (Å²) in [6, 6.07) is 18.1. The van der Waals surface area contributed by atoms with E-state index >= 15 is 0 Å². The fraction of sp³-hybridized carbons (Fsp3) is 0.192. The number of amides is 1. The van der Waals surface area contributed by atoms with Crippen molar-refractivity contribution in [1.82, 2.24) is 20.1 Å². The Balaban J connectivity index is 1.62.